The highest BCUT2D eigenvalue weighted by atomic mass is 32.1. The van der Waals surface area contributed by atoms with Crippen LogP contribution in [0.1, 0.15) is 28.2 Å². The number of rotatable bonds is 3. The van der Waals surface area contributed by atoms with Gasteiger partial charge in [0.1, 0.15) is 11.0 Å². The van der Waals surface area contributed by atoms with Crippen molar-refractivity contribution in [2.45, 2.75) is 26.4 Å². The Bertz CT molecular complexity index is 654. The first-order valence-corrected chi connectivity index (χ1v) is 7.98. The molecule has 8 heteroatoms. The van der Waals surface area contributed by atoms with E-state index in [0.717, 1.165) is 16.4 Å². The molecule has 1 atom stereocenters. The molecule has 0 bridgehead atoms. The van der Waals surface area contributed by atoms with Gasteiger partial charge in [-0.25, -0.2) is 9.78 Å². The average Bonchev–Trinajstić information content (AvgIpc) is 3.13. The van der Waals surface area contributed by atoms with Crippen molar-refractivity contribution in [2.75, 3.05) is 19.8 Å². The highest BCUT2D eigenvalue weighted by molar-refractivity contribution is 7.09. The zero-order valence-corrected chi connectivity index (χ0v) is 13.4. The second kappa shape index (κ2) is 6.45. The normalized spacial score (nSPS) is 18.5. The number of carbonyl (C=O) groups is 1. The molecule has 3 heterocycles. The first-order chi connectivity index (χ1) is 10.6. The van der Waals surface area contributed by atoms with Gasteiger partial charge in [-0.1, -0.05) is 5.16 Å². The predicted octanol–water partition coefficient (Wildman–Crippen LogP) is 2.03. The SMILES string of the molecule is Cc1cc(CNC(=O)N2CCOCC2c2nc(C)cs2)on1. The minimum atomic E-state index is -0.143. The number of nitrogens with one attached hydrogen (secondary N) is 1. The summed E-state index contributed by atoms with van der Waals surface area (Å²) in [5.74, 6) is 0.640. The number of aryl methyl sites for hydroxylation is 2. The van der Waals surface area contributed by atoms with Crippen molar-refractivity contribution in [3.05, 3.63) is 33.6 Å². The fourth-order valence-corrected chi connectivity index (χ4v) is 3.23. The van der Waals surface area contributed by atoms with Gasteiger partial charge < -0.3 is 19.5 Å². The van der Waals surface area contributed by atoms with E-state index in [1.54, 1.807) is 22.3 Å². The van der Waals surface area contributed by atoms with Gasteiger partial charge >= 0.3 is 6.03 Å². The van der Waals surface area contributed by atoms with Gasteiger partial charge in [-0.15, -0.1) is 11.3 Å². The lowest BCUT2D eigenvalue weighted by Gasteiger charge is -2.34. The smallest absolute Gasteiger partial charge is 0.318 e. The average molecular weight is 322 g/mol. The summed E-state index contributed by atoms with van der Waals surface area (Å²) >= 11 is 1.55. The van der Waals surface area contributed by atoms with E-state index >= 15 is 0 Å². The summed E-state index contributed by atoms with van der Waals surface area (Å²) in [5, 5.41) is 9.56. The Hall–Kier alpha value is -1.93. The number of thiazole rings is 1. The summed E-state index contributed by atoms with van der Waals surface area (Å²) in [4.78, 5) is 18.7. The molecule has 1 unspecified atom stereocenters. The Morgan fingerprint density at radius 3 is 3.05 bits per heavy atom. The van der Waals surface area contributed by atoms with Crippen molar-refractivity contribution in [3.63, 3.8) is 0 Å². The first kappa shape index (κ1) is 15.0. The first-order valence-electron chi connectivity index (χ1n) is 7.10. The van der Waals surface area contributed by atoms with Gasteiger partial charge in [0.15, 0.2) is 5.76 Å². The topological polar surface area (TPSA) is 80.5 Å². The highest BCUT2D eigenvalue weighted by Crippen LogP contribution is 2.26. The van der Waals surface area contributed by atoms with Crippen molar-refractivity contribution in [2.24, 2.45) is 0 Å². The fourth-order valence-electron chi connectivity index (χ4n) is 2.34. The molecule has 0 radical (unpaired) electrons. The number of hydrogen-bond donors (Lipinski definition) is 1. The lowest BCUT2D eigenvalue weighted by Crippen LogP contribution is -2.47. The lowest BCUT2D eigenvalue weighted by molar-refractivity contribution is 0.0114. The molecule has 1 N–H and O–H groups in total. The third-order valence-corrected chi connectivity index (χ3v) is 4.47. The number of urea groups is 1. The maximum atomic E-state index is 12.4. The molecule has 1 aliphatic rings. The Morgan fingerprint density at radius 2 is 2.36 bits per heavy atom. The Balaban J connectivity index is 1.66. The zero-order valence-electron chi connectivity index (χ0n) is 12.5. The zero-order chi connectivity index (χ0) is 15.5. The van der Waals surface area contributed by atoms with E-state index in [-0.39, 0.29) is 12.1 Å². The molecule has 0 spiro atoms. The second-order valence-corrected chi connectivity index (χ2v) is 6.09. The summed E-state index contributed by atoms with van der Waals surface area (Å²) in [5.41, 5.74) is 1.76. The van der Waals surface area contributed by atoms with Crippen LogP contribution in [-0.4, -0.2) is 40.8 Å². The summed E-state index contributed by atoms with van der Waals surface area (Å²) in [7, 11) is 0. The Kier molecular flexibility index (Phi) is 4.39. The van der Waals surface area contributed by atoms with E-state index in [0.29, 0.717) is 32.1 Å². The fraction of sp³-hybridized carbons (Fsp3) is 0.500. The van der Waals surface area contributed by atoms with Crippen LogP contribution in [-0.2, 0) is 11.3 Å². The van der Waals surface area contributed by atoms with Crippen LogP contribution in [0.4, 0.5) is 4.79 Å². The summed E-state index contributed by atoms with van der Waals surface area (Å²) in [6.45, 7) is 5.67. The number of hydrogen-bond acceptors (Lipinski definition) is 6. The molecule has 0 saturated carbocycles. The molecule has 22 heavy (non-hydrogen) atoms. The molecule has 118 valence electrons. The van der Waals surface area contributed by atoms with Crippen molar-refractivity contribution >= 4 is 17.4 Å². The van der Waals surface area contributed by atoms with Crippen molar-refractivity contribution in [1.29, 1.82) is 0 Å². The summed E-state index contributed by atoms with van der Waals surface area (Å²) in [6, 6.07) is 1.53. The number of nitrogens with zero attached hydrogens (tertiary/aromatic N) is 3. The van der Waals surface area contributed by atoms with Gasteiger partial charge in [0.25, 0.3) is 0 Å². The molecule has 2 amide bonds. The van der Waals surface area contributed by atoms with Gasteiger partial charge in [-0.3, -0.25) is 0 Å². The predicted molar refractivity (Wildman–Crippen MR) is 80.6 cm³/mol. The van der Waals surface area contributed by atoms with E-state index in [2.05, 4.69) is 15.5 Å². The molecule has 1 saturated heterocycles. The molecule has 0 aromatic carbocycles. The van der Waals surface area contributed by atoms with Crippen LogP contribution in [0.2, 0.25) is 0 Å². The molecule has 0 aliphatic carbocycles. The molecule has 3 rings (SSSR count). The second-order valence-electron chi connectivity index (χ2n) is 5.20. The maximum Gasteiger partial charge on any atom is 0.318 e. The van der Waals surface area contributed by atoms with Crippen LogP contribution in [0.3, 0.4) is 0 Å². The van der Waals surface area contributed by atoms with Crippen LogP contribution >= 0.6 is 11.3 Å². The van der Waals surface area contributed by atoms with E-state index < -0.39 is 0 Å². The van der Waals surface area contributed by atoms with Crippen LogP contribution in [0.25, 0.3) is 0 Å². The Labute approximate surface area is 132 Å². The van der Waals surface area contributed by atoms with Crippen molar-refractivity contribution in [3.8, 4) is 0 Å². The third-order valence-electron chi connectivity index (χ3n) is 3.40. The van der Waals surface area contributed by atoms with E-state index in [1.807, 2.05) is 19.2 Å². The van der Waals surface area contributed by atoms with E-state index in [4.69, 9.17) is 9.26 Å². The summed E-state index contributed by atoms with van der Waals surface area (Å²) in [6.07, 6.45) is 0. The standard InChI is InChI=1S/C14H18N4O3S/c1-9-5-11(21-17-9)6-15-14(19)18-3-4-20-7-12(18)13-16-10(2)8-22-13/h5,8,12H,3-4,6-7H2,1-2H3,(H,15,19). The van der Waals surface area contributed by atoms with Crippen LogP contribution in [0.5, 0.6) is 0 Å². The molecule has 2 aromatic heterocycles. The van der Waals surface area contributed by atoms with E-state index in [1.165, 1.54) is 0 Å². The third kappa shape index (κ3) is 3.28. The van der Waals surface area contributed by atoms with Gasteiger partial charge in [0, 0.05) is 23.7 Å². The van der Waals surface area contributed by atoms with Crippen LogP contribution in [0, 0.1) is 13.8 Å². The Morgan fingerprint density at radius 1 is 1.50 bits per heavy atom. The van der Waals surface area contributed by atoms with Crippen LogP contribution in [0.15, 0.2) is 16.0 Å². The quantitative estimate of drug-likeness (QED) is 0.935. The number of aromatic nitrogens is 2. The van der Waals surface area contributed by atoms with Crippen molar-refractivity contribution in [1.82, 2.24) is 20.4 Å². The minimum absolute atomic E-state index is 0.135. The van der Waals surface area contributed by atoms with Gasteiger partial charge in [-0.05, 0) is 13.8 Å². The minimum Gasteiger partial charge on any atom is -0.377 e. The maximum absolute atomic E-state index is 12.4. The number of ether oxygens (including phenoxy) is 1. The number of morpholine rings is 1. The lowest BCUT2D eigenvalue weighted by atomic mass is 10.2. The number of carbonyl (C=O) groups excluding carboxylic acids is 1. The van der Waals surface area contributed by atoms with Crippen LogP contribution < -0.4 is 5.32 Å². The van der Waals surface area contributed by atoms with Gasteiger partial charge in [-0.2, -0.15) is 0 Å². The number of amides is 2. The monoisotopic (exact) mass is 322 g/mol. The van der Waals surface area contributed by atoms with Gasteiger partial charge in [0.2, 0.25) is 0 Å². The summed E-state index contributed by atoms with van der Waals surface area (Å²) < 4.78 is 10.6. The molecule has 1 aliphatic heterocycles. The largest absolute Gasteiger partial charge is 0.377 e. The highest BCUT2D eigenvalue weighted by Gasteiger charge is 2.30. The van der Waals surface area contributed by atoms with Crippen molar-refractivity contribution < 1.29 is 14.1 Å². The van der Waals surface area contributed by atoms with Gasteiger partial charge in [0.05, 0.1) is 25.5 Å². The van der Waals surface area contributed by atoms with E-state index in [9.17, 15) is 4.79 Å². The molecule has 2 aromatic rings. The molecule has 7 nitrogen and oxygen atoms in total. The molecular weight excluding hydrogens is 304 g/mol. The molecular formula is C14H18N4O3S. The molecule has 1 fully saturated rings.